The Balaban J connectivity index is 2.32. The summed E-state index contributed by atoms with van der Waals surface area (Å²) in [5.41, 5.74) is 4.85. The average molecular weight is 224 g/mol. The third-order valence-electron chi connectivity index (χ3n) is 2.94. The van der Waals surface area contributed by atoms with Crippen LogP contribution < -0.4 is 10.6 Å². The first-order chi connectivity index (χ1) is 7.43. The van der Waals surface area contributed by atoms with Gasteiger partial charge < -0.3 is 15.5 Å². The zero-order chi connectivity index (χ0) is 11.9. The molecular weight excluding hydrogens is 208 g/mol. The number of carbonyl (C=O) groups is 1. The smallest absolute Gasteiger partial charge is 0.247 e. The molecule has 1 aliphatic rings. The van der Waals surface area contributed by atoms with E-state index in [1.807, 2.05) is 18.7 Å². The lowest BCUT2D eigenvalue weighted by Crippen LogP contribution is -2.62. The Morgan fingerprint density at radius 1 is 1.44 bits per heavy atom. The van der Waals surface area contributed by atoms with Crippen LogP contribution in [0.15, 0.2) is 0 Å². The molecule has 0 atom stereocenters. The number of carbonyl (C=O) groups excluding carboxylic acids is 1. The number of nitrogens with two attached hydrogens (primary N) is 1. The molecule has 1 aromatic heterocycles. The van der Waals surface area contributed by atoms with Crippen LogP contribution in [0.4, 0.5) is 11.9 Å². The lowest BCUT2D eigenvalue weighted by molar-refractivity contribution is -0.136. The lowest BCUT2D eigenvalue weighted by atomic mass is 9.98. The number of amides is 1. The number of nitrogens with zero attached hydrogens (tertiary/aromatic N) is 4. The molecule has 0 spiro atoms. The third-order valence-corrected chi connectivity index (χ3v) is 2.94. The molecule has 0 aliphatic carbocycles. The summed E-state index contributed by atoms with van der Waals surface area (Å²) in [5.74, 6) is 0.795. The van der Waals surface area contributed by atoms with Crippen molar-refractivity contribution in [2.45, 2.75) is 19.4 Å². The number of anilines is 2. The second-order valence-corrected chi connectivity index (χ2v) is 4.46. The summed E-state index contributed by atoms with van der Waals surface area (Å²) in [4.78, 5) is 19.7. The van der Waals surface area contributed by atoms with E-state index in [0.29, 0.717) is 19.0 Å². The lowest BCUT2D eigenvalue weighted by Gasteiger charge is -2.44. The number of aromatic amines is 1. The van der Waals surface area contributed by atoms with Crippen molar-refractivity contribution < 1.29 is 4.79 Å². The Bertz CT molecular complexity index is 412. The van der Waals surface area contributed by atoms with Crippen molar-refractivity contribution in [3.8, 4) is 0 Å². The number of aromatic nitrogens is 3. The quantitative estimate of drug-likeness (QED) is 0.667. The van der Waals surface area contributed by atoms with E-state index in [0.717, 1.165) is 0 Å². The first kappa shape index (κ1) is 10.7. The zero-order valence-electron chi connectivity index (χ0n) is 9.69. The number of nitrogens with one attached hydrogen (secondary N) is 1. The van der Waals surface area contributed by atoms with Gasteiger partial charge in [-0.25, -0.2) is 5.10 Å². The van der Waals surface area contributed by atoms with Gasteiger partial charge in [0.2, 0.25) is 17.8 Å². The maximum absolute atomic E-state index is 12.0. The maximum Gasteiger partial charge on any atom is 0.247 e. The molecule has 0 unspecified atom stereocenters. The van der Waals surface area contributed by atoms with Crippen LogP contribution in [0.1, 0.15) is 13.8 Å². The van der Waals surface area contributed by atoms with Gasteiger partial charge in [0.25, 0.3) is 0 Å². The summed E-state index contributed by atoms with van der Waals surface area (Å²) in [5, 5.41) is 6.57. The predicted molar refractivity (Wildman–Crippen MR) is 59.9 cm³/mol. The van der Waals surface area contributed by atoms with Gasteiger partial charge in [0.05, 0.1) is 0 Å². The van der Waals surface area contributed by atoms with Crippen LogP contribution in [0.5, 0.6) is 0 Å². The molecule has 1 saturated heterocycles. The molecule has 1 aliphatic heterocycles. The molecule has 0 radical (unpaired) electrons. The van der Waals surface area contributed by atoms with E-state index < -0.39 is 5.54 Å². The van der Waals surface area contributed by atoms with E-state index in [9.17, 15) is 4.79 Å². The summed E-state index contributed by atoms with van der Waals surface area (Å²) in [7, 11) is 1.80. The second kappa shape index (κ2) is 3.36. The number of H-pyrrole nitrogens is 1. The number of nitrogen functional groups attached to an aromatic ring is 1. The minimum absolute atomic E-state index is 0.0575. The first-order valence-corrected chi connectivity index (χ1v) is 5.14. The Morgan fingerprint density at radius 3 is 2.69 bits per heavy atom. The van der Waals surface area contributed by atoms with Gasteiger partial charge in [0.1, 0.15) is 5.54 Å². The Kier molecular flexibility index (Phi) is 2.25. The Labute approximate surface area is 93.6 Å². The largest absolute Gasteiger partial charge is 0.368 e. The van der Waals surface area contributed by atoms with Gasteiger partial charge in [-0.15, -0.1) is 5.10 Å². The number of rotatable bonds is 1. The van der Waals surface area contributed by atoms with Crippen molar-refractivity contribution >= 4 is 17.8 Å². The number of likely N-dealkylation sites (N-methyl/N-ethyl adjacent to an activating group) is 1. The molecule has 1 aromatic rings. The predicted octanol–water partition coefficient (Wildman–Crippen LogP) is -0.556. The van der Waals surface area contributed by atoms with Crippen molar-refractivity contribution in [2.24, 2.45) is 0 Å². The molecule has 7 heteroatoms. The van der Waals surface area contributed by atoms with E-state index in [1.165, 1.54) is 0 Å². The van der Waals surface area contributed by atoms with Crippen molar-refractivity contribution in [1.29, 1.82) is 0 Å². The highest BCUT2D eigenvalue weighted by Crippen LogP contribution is 2.25. The fourth-order valence-corrected chi connectivity index (χ4v) is 1.95. The van der Waals surface area contributed by atoms with E-state index in [4.69, 9.17) is 5.73 Å². The highest BCUT2D eigenvalue weighted by atomic mass is 16.2. The minimum Gasteiger partial charge on any atom is -0.368 e. The molecule has 1 fully saturated rings. The van der Waals surface area contributed by atoms with Gasteiger partial charge in [-0.1, -0.05) is 0 Å². The van der Waals surface area contributed by atoms with Gasteiger partial charge in [-0.2, -0.15) is 4.98 Å². The van der Waals surface area contributed by atoms with Crippen molar-refractivity contribution in [1.82, 2.24) is 20.1 Å². The first-order valence-electron chi connectivity index (χ1n) is 5.14. The molecule has 0 bridgehead atoms. The normalized spacial score (nSPS) is 20.3. The molecular formula is C9H16N6O. The van der Waals surface area contributed by atoms with Crippen LogP contribution in [0, 0.1) is 0 Å². The molecule has 0 aromatic carbocycles. The Hall–Kier alpha value is -1.79. The summed E-state index contributed by atoms with van der Waals surface area (Å²) >= 11 is 0. The zero-order valence-corrected chi connectivity index (χ0v) is 9.69. The van der Waals surface area contributed by atoms with Crippen LogP contribution in [-0.2, 0) is 4.79 Å². The van der Waals surface area contributed by atoms with E-state index >= 15 is 0 Å². The molecule has 16 heavy (non-hydrogen) atoms. The van der Waals surface area contributed by atoms with Crippen LogP contribution in [0.3, 0.4) is 0 Å². The summed E-state index contributed by atoms with van der Waals surface area (Å²) in [6.45, 7) is 5.08. The second-order valence-electron chi connectivity index (χ2n) is 4.46. The number of hydrogen-bond acceptors (Lipinski definition) is 5. The fraction of sp³-hybridized carbons (Fsp3) is 0.667. The van der Waals surface area contributed by atoms with E-state index in [1.54, 1.807) is 11.9 Å². The highest BCUT2D eigenvalue weighted by molar-refractivity contribution is 5.89. The monoisotopic (exact) mass is 224 g/mol. The van der Waals surface area contributed by atoms with E-state index in [2.05, 4.69) is 15.2 Å². The molecule has 88 valence electrons. The summed E-state index contributed by atoms with van der Waals surface area (Å²) in [6.07, 6.45) is 0. The Morgan fingerprint density at radius 2 is 2.12 bits per heavy atom. The average Bonchev–Trinajstić information content (AvgIpc) is 2.61. The van der Waals surface area contributed by atoms with Gasteiger partial charge >= 0.3 is 0 Å². The SMILES string of the molecule is CN1CCN(c2n[nH]c(N)n2)C(C)(C)C1=O. The van der Waals surface area contributed by atoms with Gasteiger partial charge in [-0.05, 0) is 13.8 Å². The van der Waals surface area contributed by atoms with Crippen LogP contribution in [-0.4, -0.2) is 51.7 Å². The van der Waals surface area contributed by atoms with Gasteiger partial charge in [-0.3, -0.25) is 4.79 Å². The molecule has 1 amide bonds. The summed E-state index contributed by atoms with van der Waals surface area (Å²) in [6, 6.07) is 0. The van der Waals surface area contributed by atoms with E-state index in [-0.39, 0.29) is 11.9 Å². The molecule has 0 saturated carbocycles. The third kappa shape index (κ3) is 1.48. The fourth-order valence-electron chi connectivity index (χ4n) is 1.95. The van der Waals surface area contributed by atoms with Crippen molar-refractivity contribution in [2.75, 3.05) is 30.8 Å². The standard InChI is InChI=1S/C9H16N6O/c1-9(2)6(16)14(3)4-5-15(9)8-11-7(10)12-13-8/h4-5H2,1-3H3,(H3,10,11,12,13). The minimum atomic E-state index is -0.637. The van der Waals surface area contributed by atoms with Gasteiger partial charge in [0.15, 0.2) is 0 Å². The molecule has 2 heterocycles. The van der Waals surface area contributed by atoms with Crippen molar-refractivity contribution in [3.05, 3.63) is 0 Å². The molecule has 2 rings (SSSR count). The van der Waals surface area contributed by atoms with Crippen LogP contribution in [0.25, 0.3) is 0 Å². The highest BCUT2D eigenvalue weighted by Gasteiger charge is 2.42. The maximum atomic E-state index is 12.0. The van der Waals surface area contributed by atoms with Crippen LogP contribution in [0.2, 0.25) is 0 Å². The topological polar surface area (TPSA) is 91.1 Å². The molecule has 7 nitrogen and oxygen atoms in total. The number of hydrogen-bond donors (Lipinski definition) is 2. The van der Waals surface area contributed by atoms with Crippen LogP contribution >= 0.6 is 0 Å². The van der Waals surface area contributed by atoms with Gasteiger partial charge in [0, 0.05) is 20.1 Å². The van der Waals surface area contributed by atoms with Crippen molar-refractivity contribution in [3.63, 3.8) is 0 Å². The summed E-state index contributed by atoms with van der Waals surface area (Å²) < 4.78 is 0. The number of piperazine rings is 1. The molecule has 3 N–H and O–H groups in total.